The topological polar surface area (TPSA) is 67.8 Å². The average Bonchev–Trinajstić information content (AvgIpc) is 2.05. The Labute approximate surface area is 70.1 Å². The van der Waals surface area contributed by atoms with E-state index in [9.17, 15) is 4.79 Å². The largest absolute Gasteiger partial charge is 0.305 e. The van der Waals surface area contributed by atoms with Crippen molar-refractivity contribution in [1.82, 2.24) is 0 Å². The van der Waals surface area contributed by atoms with Gasteiger partial charge in [-0.3, -0.25) is 4.79 Å². The van der Waals surface area contributed by atoms with Crippen LogP contribution in [0.15, 0.2) is 34.6 Å². The minimum absolute atomic E-state index is 0.00377. The van der Waals surface area contributed by atoms with Crippen molar-refractivity contribution in [3.05, 3.63) is 29.8 Å². The summed E-state index contributed by atoms with van der Waals surface area (Å²) in [6.07, 6.45) is 0. The summed E-state index contributed by atoms with van der Waals surface area (Å²) in [5, 5.41) is 6.72. The molecule has 4 heteroatoms. The summed E-state index contributed by atoms with van der Waals surface area (Å²) >= 11 is 0. The number of Topliss-reactive ketones (excluding diaryl/α,β-unsaturated/α-hetero) is 1. The number of carbonyl (C=O) groups is 1. The summed E-state index contributed by atoms with van der Waals surface area (Å²) in [4.78, 5) is 10.9. The van der Waals surface area contributed by atoms with Gasteiger partial charge in [0.1, 0.15) is 0 Å². The lowest BCUT2D eigenvalue weighted by molar-refractivity contribution is 0.101. The zero-order valence-electron chi connectivity index (χ0n) is 6.69. The molecule has 0 fully saturated rings. The molecule has 1 aromatic carbocycles. The molecule has 0 amide bonds. The Morgan fingerprint density at radius 1 is 1.50 bits per heavy atom. The summed E-state index contributed by atoms with van der Waals surface area (Å²) in [6, 6.07) is 6.82. The zero-order chi connectivity index (χ0) is 8.97. The molecular weight excluding hydrogens is 154 g/mol. The molecule has 0 aliphatic heterocycles. The van der Waals surface area contributed by atoms with Crippen molar-refractivity contribution >= 4 is 11.5 Å². The van der Waals surface area contributed by atoms with Crippen molar-refractivity contribution in [2.75, 3.05) is 0 Å². The highest BCUT2D eigenvalue weighted by Crippen LogP contribution is 2.14. The number of hydrogen-bond acceptors (Lipinski definition) is 3. The molecule has 1 rings (SSSR count). The number of nitrogens with zero attached hydrogens (tertiary/aromatic N) is 2. The molecule has 62 valence electrons. The summed E-state index contributed by atoms with van der Waals surface area (Å²) in [6.45, 7) is 1.50. The molecule has 0 radical (unpaired) electrons. The minimum Gasteiger partial charge on any atom is -0.305 e. The molecule has 0 aliphatic rings. The first-order chi connectivity index (χ1) is 5.74. The lowest BCUT2D eigenvalue weighted by Gasteiger charge is -1.94. The van der Waals surface area contributed by atoms with Crippen molar-refractivity contribution in [3.8, 4) is 0 Å². The van der Waals surface area contributed by atoms with Crippen LogP contribution in [-0.2, 0) is 0 Å². The van der Waals surface area contributed by atoms with E-state index in [4.69, 9.17) is 5.84 Å². The van der Waals surface area contributed by atoms with Gasteiger partial charge in [-0.2, -0.15) is 0 Å². The van der Waals surface area contributed by atoms with Gasteiger partial charge in [0.25, 0.3) is 0 Å². The monoisotopic (exact) mass is 163 g/mol. The van der Waals surface area contributed by atoms with Crippen LogP contribution in [0.3, 0.4) is 0 Å². The Bertz CT molecular complexity index is 320. The Kier molecular flexibility index (Phi) is 2.53. The van der Waals surface area contributed by atoms with Gasteiger partial charge in [0.2, 0.25) is 0 Å². The van der Waals surface area contributed by atoms with Crippen molar-refractivity contribution in [1.29, 1.82) is 0 Å². The average molecular weight is 163 g/mol. The first kappa shape index (κ1) is 8.39. The number of nitrogens with two attached hydrogens (primary N) is 1. The molecule has 0 bridgehead atoms. The summed E-state index contributed by atoms with van der Waals surface area (Å²) in [7, 11) is 0. The Morgan fingerprint density at radius 2 is 2.25 bits per heavy atom. The van der Waals surface area contributed by atoms with Gasteiger partial charge in [-0.15, -0.1) is 5.11 Å². The maximum Gasteiger partial charge on any atom is 0.159 e. The van der Waals surface area contributed by atoms with Crippen LogP contribution in [0.5, 0.6) is 0 Å². The third kappa shape index (κ3) is 1.88. The van der Waals surface area contributed by atoms with E-state index in [1.165, 1.54) is 6.92 Å². The summed E-state index contributed by atoms with van der Waals surface area (Å²) in [5.41, 5.74) is 1.20. The van der Waals surface area contributed by atoms with Gasteiger partial charge in [0.15, 0.2) is 5.78 Å². The molecule has 0 saturated carbocycles. The molecule has 0 spiro atoms. The molecular formula is C8H9N3O. The fraction of sp³-hybridized carbons (Fsp3) is 0.125. The SMILES string of the molecule is CC(=O)c1cccc(N=NN)c1. The van der Waals surface area contributed by atoms with E-state index in [2.05, 4.69) is 10.3 Å². The summed E-state index contributed by atoms with van der Waals surface area (Å²) < 4.78 is 0. The van der Waals surface area contributed by atoms with Crippen LogP contribution < -0.4 is 5.84 Å². The lowest BCUT2D eigenvalue weighted by Crippen LogP contribution is -1.89. The van der Waals surface area contributed by atoms with E-state index in [0.717, 1.165) is 0 Å². The van der Waals surface area contributed by atoms with Gasteiger partial charge >= 0.3 is 0 Å². The molecule has 2 N–H and O–H groups in total. The fourth-order valence-electron chi connectivity index (χ4n) is 0.854. The van der Waals surface area contributed by atoms with E-state index < -0.39 is 0 Å². The molecule has 1 aromatic rings. The molecule has 0 aromatic heterocycles. The summed E-state index contributed by atoms with van der Waals surface area (Å²) in [5.74, 6) is 4.86. The predicted octanol–water partition coefficient (Wildman–Crippen LogP) is 1.85. The van der Waals surface area contributed by atoms with Crippen molar-refractivity contribution in [2.24, 2.45) is 16.2 Å². The number of benzene rings is 1. The molecule has 0 aliphatic carbocycles. The Balaban J connectivity index is 3.03. The van der Waals surface area contributed by atoms with E-state index >= 15 is 0 Å². The third-order valence-corrected chi connectivity index (χ3v) is 1.43. The normalized spacial score (nSPS) is 10.4. The fourth-order valence-corrected chi connectivity index (χ4v) is 0.854. The Hall–Kier alpha value is -1.71. The predicted molar refractivity (Wildman–Crippen MR) is 45.1 cm³/mol. The number of hydrogen-bond donors (Lipinski definition) is 1. The van der Waals surface area contributed by atoms with Gasteiger partial charge in [-0.25, -0.2) is 0 Å². The first-order valence-electron chi connectivity index (χ1n) is 3.46. The quantitative estimate of drug-likeness (QED) is 0.313. The van der Waals surface area contributed by atoms with Gasteiger partial charge in [0.05, 0.1) is 5.69 Å². The van der Waals surface area contributed by atoms with Crippen LogP contribution in [0.25, 0.3) is 0 Å². The molecule has 0 heterocycles. The lowest BCUT2D eigenvalue weighted by atomic mass is 10.1. The first-order valence-corrected chi connectivity index (χ1v) is 3.46. The third-order valence-electron chi connectivity index (χ3n) is 1.43. The second kappa shape index (κ2) is 3.61. The van der Waals surface area contributed by atoms with E-state index in [1.807, 2.05) is 0 Å². The van der Waals surface area contributed by atoms with Gasteiger partial charge in [-0.1, -0.05) is 17.4 Å². The van der Waals surface area contributed by atoms with Crippen LogP contribution in [0, 0.1) is 0 Å². The molecule has 4 nitrogen and oxygen atoms in total. The van der Waals surface area contributed by atoms with Crippen molar-refractivity contribution in [2.45, 2.75) is 6.92 Å². The van der Waals surface area contributed by atoms with Crippen LogP contribution in [0.2, 0.25) is 0 Å². The number of rotatable bonds is 2. The van der Waals surface area contributed by atoms with Crippen LogP contribution in [0.1, 0.15) is 17.3 Å². The highest BCUT2D eigenvalue weighted by Gasteiger charge is 1.98. The molecule has 0 saturated heterocycles. The van der Waals surface area contributed by atoms with Gasteiger partial charge in [0, 0.05) is 5.56 Å². The molecule has 0 atom stereocenters. The Morgan fingerprint density at radius 3 is 2.83 bits per heavy atom. The zero-order valence-corrected chi connectivity index (χ0v) is 6.69. The van der Waals surface area contributed by atoms with Crippen LogP contribution in [-0.4, -0.2) is 5.78 Å². The standard InChI is InChI=1S/C8H9N3O/c1-6(12)7-3-2-4-8(5-7)10-11-9/h2-5H,1H3,(H2,9,10). The minimum atomic E-state index is 0.00377. The van der Waals surface area contributed by atoms with E-state index in [1.54, 1.807) is 24.3 Å². The maximum absolute atomic E-state index is 10.9. The highest BCUT2D eigenvalue weighted by molar-refractivity contribution is 5.94. The molecule has 12 heavy (non-hydrogen) atoms. The van der Waals surface area contributed by atoms with Gasteiger partial charge in [-0.05, 0) is 19.1 Å². The number of ketones is 1. The van der Waals surface area contributed by atoms with Crippen molar-refractivity contribution in [3.63, 3.8) is 0 Å². The highest BCUT2D eigenvalue weighted by atomic mass is 16.1. The molecule has 0 unspecified atom stereocenters. The second-order valence-electron chi connectivity index (χ2n) is 2.32. The van der Waals surface area contributed by atoms with E-state index in [-0.39, 0.29) is 5.78 Å². The van der Waals surface area contributed by atoms with E-state index in [0.29, 0.717) is 11.3 Å². The maximum atomic E-state index is 10.9. The number of carbonyl (C=O) groups excluding carboxylic acids is 1. The van der Waals surface area contributed by atoms with Crippen molar-refractivity contribution < 1.29 is 4.79 Å². The smallest absolute Gasteiger partial charge is 0.159 e. The van der Waals surface area contributed by atoms with Crippen LogP contribution >= 0.6 is 0 Å². The second-order valence-corrected chi connectivity index (χ2v) is 2.32. The van der Waals surface area contributed by atoms with Gasteiger partial charge < -0.3 is 5.84 Å². The van der Waals surface area contributed by atoms with Crippen LogP contribution in [0.4, 0.5) is 5.69 Å².